The van der Waals surface area contributed by atoms with E-state index in [0.717, 1.165) is 10.9 Å². The molecule has 5 unspecified atom stereocenters. The Morgan fingerprint density at radius 1 is 1.02 bits per heavy atom. The first kappa shape index (κ1) is 28.8. The number of carbonyl (C=O) groups excluding carboxylic acids is 4. The van der Waals surface area contributed by atoms with Crippen molar-refractivity contribution < 1.29 is 39.3 Å². The predicted molar refractivity (Wildman–Crippen MR) is 141 cm³/mol. The van der Waals surface area contributed by atoms with Crippen LogP contribution in [0.25, 0.3) is 10.9 Å². The number of amides is 5. The van der Waals surface area contributed by atoms with Gasteiger partial charge in [-0.2, -0.15) is 0 Å². The number of aromatic nitrogens is 1. The van der Waals surface area contributed by atoms with E-state index < -0.39 is 66.1 Å². The summed E-state index contributed by atoms with van der Waals surface area (Å²) in [6, 6.07) is 1.97. The number of hydrogen-bond donors (Lipinski definition) is 8. The summed E-state index contributed by atoms with van der Waals surface area (Å²) >= 11 is 0. The topological polar surface area (TPSA) is 227 Å². The largest absolute Gasteiger partial charge is 0.465 e. The van der Waals surface area contributed by atoms with Gasteiger partial charge in [0.25, 0.3) is 0 Å². The molecule has 4 rings (SSSR count). The lowest BCUT2D eigenvalue weighted by atomic mass is 10.0. The highest BCUT2D eigenvalue weighted by molar-refractivity contribution is 5.96. The van der Waals surface area contributed by atoms with Crippen LogP contribution in [0.5, 0.6) is 0 Å². The molecule has 2 aromatic rings. The lowest BCUT2D eigenvalue weighted by molar-refractivity contribution is -0.144. The number of benzene rings is 1. The maximum atomic E-state index is 13.6. The summed E-state index contributed by atoms with van der Waals surface area (Å²) in [5, 5.41) is 37.0. The number of aliphatic hydroxyl groups is 2. The van der Waals surface area contributed by atoms with E-state index >= 15 is 0 Å². The number of fused-ring (bicyclic) bond motifs is 2. The standard InChI is InChI=1S/C26H34N6O8/c1-11(33)20(22(27)35)30-23(36)17(7-14-10-28-16-6-4-3-5-15(14)16)29-24(37)19-9-13-8-18(13)32(19)25(38)21(12(2)34)31-26(39)40/h3-6,10-13,17-21,28,31,33-34H,7-9H2,1-2H3,(H2,27,35)(H,29,37)(H,30,36)(H,39,40)/t11?,12?,13-,17?,18-,19-,20?,21?/m0/s1. The van der Waals surface area contributed by atoms with Crippen LogP contribution in [0.2, 0.25) is 0 Å². The fourth-order valence-electron chi connectivity index (χ4n) is 5.37. The summed E-state index contributed by atoms with van der Waals surface area (Å²) in [5.74, 6) is -3.06. The van der Waals surface area contributed by atoms with E-state index in [4.69, 9.17) is 10.8 Å². The van der Waals surface area contributed by atoms with Crippen LogP contribution in [0.15, 0.2) is 30.5 Å². The normalized spacial score (nSPS) is 23.3. The van der Waals surface area contributed by atoms with E-state index in [1.165, 1.54) is 18.7 Å². The van der Waals surface area contributed by atoms with E-state index in [0.29, 0.717) is 18.4 Å². The number of aliphatic hydroxyl groups excluding tert-OH is 2. The fourth-order valence-corrected chi connectivity index (χ4v) is 5.37. The van der Waals surface area contributed by atoms with E-state index in [1.54, 1.807) is 6.20 Å². The van der Waals surface area contributed by atoms with Crippen molar-refractivity contribution >= 4 is 40.6 Å². The highest BCUT2D eigenvalue weighted by Crippen LogP contribution is 2.48. The van der Waals surface area contributed by atoms with Gasteiger partial charge < -0.3 is 46.9 Å². The van der Waals surface area contributed by atoms with Crippen molar-refractivity contribution in [2.24, 2.45) is 11.7 Å². The molecule has 14 heteroatoms. The van der Waals surface area contributed by atoms with Gasteiger partial charge in [-0.25, -0.2) is 4.79 Å². The second-order valence-electron chi connectivity index (χ2n) is 10.5. The highest BCUT2D eigenvalue weighted by Gasteiger charge is 2.57. The number of likely N-dealkylation sites (tertiary alicyclic amines) is 1. The van der Waals surface area contributed by atoms with Crippen molar-refractivity contribution in [3.05, 3.63) is 36.0 Å². The first-order chi connectivity index (χ1) is 18.9. The number of aromatic amines is 1. The minimum absolute atomic E-state index is 0.0112. The summed E-state index contributed by atoms with van der Waals surface area (Å²) in [6.45, 7) is 2.56. The van der Waals surface area contributed by atoms with Gasteiger partial charge in [0.05, 0.1) is 12.2 Å². The Morgan fingerprint density at radius 3 is 2.33 bits per heavy atom. The SMILES string of the molecule is CC(O)C(NC(=O)C(Cc1c[nH]c2ccccc12)NC(=O)[C@@H]1C[C@@H]2C[C@@H]2N1C(=O)C(NC(=O)O)C(C)O)C(N)=O. The Labute approximate surface area is 229 Å². The molecular formula is C26H34N6O8. The Bertz CT molecular complexity index is 1310. The Morgan fingerprint density at radius 2 is 1.70 bits per heavy atom. The number of nitrogens with zero attached hydrogens (tertiary/aromatic N) is 1. The summed E-state index contributed by atoms with van der Waals surface area (Å²) in [4.78, 5) is 67.6. The highest BCUT2D eigenvalue weighted by atomic mass is 16.4. The third-order valence-electron chi connectivity index (χ3n) is 7.51. The minimum atomic E-state index is -1.50. The first-order valence-electron chi connectivity index (χ1n) is 13.0. The third-order valence-corrected chi connectivity index (χ3v) is 7.51. The summed E-state index contributed by atoms with van der Waals surface area (Å²) in [5.41, 5.74) is 6.85. The van der Waals surface area contributed by atoms with E-state index in [2.05, 4.69) is 15.6 Å². The van der Waals surface area contributed by atoms with Crippen LogP contribution < -0.4 is 21.7 Å². The molecule has 1 aromatic carbocycles. The van der Waals surface area contributed by atoms with Crippen LogP contribution in [0, 0.1) is 5.92 Å². The number of H-pyrrole nitrogens is 1. The molecule has 2 heterocycles. The van der Waals surface area contributed by atoms with E-state index in [9.17, 15) is 34.2 Å². The van der Waals surface area contributed by atoms with E-state index in [-0.39, 0.29) is 18.4 Å². The summed E-state index contributed by atoms with van der Waals surface area (Å²) < 4.78 is 0. The van der Waals surface area contributed by atoms with Crippen LogP contribution in [-0.2, 0) is 25.6 Å². The molecule has 40 heavy (non-hydrogen) atoms. The summed E-state index contributed by atoms with van der Waals surface area (Å²) in [6.07, 6.45) is -1.48. The van der Waals surface area contributed by atoms with Crippen molar-refractivity contribution in [2.75, 3.05) is 0 Å². The molecular weight excluding hydrogens is 524 g/mol. The molecule has 1 aromatic heterocycles. The quantitative estimate of drug-likeness (QED) is 0.162. The number of hydrogen-bond acceptors (Lipinski definition) is 7. The van der Waals surface area contributed by atoms with Gasteiger partial charge in [-0.15, -0.1) is 0 Å². The van der Waals surface area contributed by atoms with Gasteiger partial charge in [-0.05, 0) is 44.2 Å². The minimum Gasteiger partial charge on any atom is -0.465 e. The average Bonchev–Trinajstić information content (AvgIpc) is 3.36. The molecule has 9 N–H and O–H groups in total. The molecule has 1 saturated heterocycles. The lowest BCUT2D eigenvalue weighted by Gasteiger charge is -2.32. The fraction of sp³-hybridized carbons (Fsp3) is 0.500. The van der Waals surface area contributed by atoms with Crippen LogP contribution >= 0.6 is 0 Å². The summed E-state index contributed by atoms with van der Waals surface area (Å²) in [7, 11) is 0. The second-order valence-corrected chi connectivity index (χ2v) is 10.5. The molecule has 0 spiro atoms. The molecule has 1 aliphatic heterocycles. The molecule has 5 amide bonds. The molecule has 8 atom stereocenters. The zero-order valence-electron chi connectivity index (χ0n) is 22.0. The van der Waals surface area contributed by atoms with Crippen LogP contribution in [-0.4, -0.2) is 97.3 Å². The van der Waals surface area contributed by atoms with E-state index in [1.807, 2.05) is 29.6 Å². The maximum Gasteiger partial charge on any atom is 0.405 e. The van der Waals surface area contributed by atoms with Gasteiger partial charge in [-0.1, -0.05) is 18.2 Å². The number of para-hydroxylation sites is 1. The van der Waals surface area contributed by atoms with Gasteiger partial charge >= 0.3 is 6.09 Å². The van der Waals surface area contributed by atoms with Gasteiger partial charge in [-0.3, -0.25) is 19.2 Å². The molecule has 0 radical (unpaired) electrons. The molecule has 1 aliphatic carbocycles. The van der Waals surface area contributed by atoms with Gasteiger partial charge in [0.15, 0.2) is 0 Å². The number of rotatable bonds is 11. The Kier molecular flexibility index (Phi) is 8.30. The van der Waals surface area contributed by atoms with Crippen molar-refractivity contribution in [1.29, 1.82) is 0 Å². The van der Waals surface area contributed by atoms with Gasteiger partial charge in [0.2, 0.25) is 23.6 Å². The zero-order valence-corrected chi connectivity index (χ0v) is 22.0. The van der Waals surface area contributed by atoms with Crippen LogP contribution in [0.1, 0.15) is 32.3 Å². The second kappa shape index (κ2) is 11.5. The molecule has 0 bridgehead atoms. The molecule has 2 aliphatic rings. The number of primary amides is 1. The number of piperidine rings is 1. The van der Waals surface area contributed by atoms with Gasteiger partial charge in [0.1, 0.15) is 24.2 Å². The lowest BCUT2D eigenvalue weighted by Crippen LogP contribution is -2.61. The van der Waals surface area contributed by atoms with Crippen LogP contribution in [0.4, 0.5) is 4.79 Å². The van der Waals surface area contributed by atoms with Crippen molar-refractivity contribution in [2.45, 2.75) is 75.5 Å². The number of nitrogens with two attached hydrogens (primary N) is 1. The Balaban J connectivity index is 1.58. The van der Waals surface area contributed by atoms with Crippen LogP contribution in [0.3, 0.4) is 0 Å². The number of carbonyl (C=O) groups is 5. The molecule has 2 fully saturated rings. The van der Waals surface area contributed by atoms with Gasteiger partial charge in [0, 0.05) is 29.6 Å². The first-order valence-corrected chi connectivity index (χ1v) is 13.0. The smallest absolute Gasteiger partial charge is 0.405 e. The third kappa shape index (κ3) is 6.02. The molecule has 14 nitrogen and oxygen atoms in total. The monoisotopic (exact) mass is 558 g/mol. The predicted octanol–water partition coefficient (Wildman–Crippen LogP) is -1.45. The average molecular weight is 559 g/mol. The van der Waals surface area contributed by atoms with Crippen molar-refractivity contribution in [3.63, 3.8) is 0 Å². The zero-order chi connectivity index (χ0) is 29.3. The number of carboxylic acid groups (broad SMARTS) is 1. The molecule has 1 saturated carbocycles. The maximum absolute atomic E-state index is 13.6. The Hall–Kier alpha value is -4.17. The van der Waals surface area contributed by atoms with Crippen molar-refractivity contribution in [1.82, 2.24) is 25.8 Å². The van der Waals surface area contributed by atoms with Crippen molar-refractivity contribution in [3.8, 4) is 0 Å². The molecule has 216 valence electrons. The number of nitrogens with one attached hydrogen (secondary N) is 4.